The van der Waals surface area contributed by atoms with E-state index in [1.807, 2.05) is 0 Å². The molecule has 0 spiro atoms. The third-order valence-electron chi connectivity index (χ3n) is 5.83. The second-order valence-electron chi connectivity index (χ2n) is 8.49. The molecule has 4 rings (SSSR count). The van der Waals surface area contributed by atoms with Gasteiger partial charge in [0.1, 0.15) is 6.61 Å². The molecule has 1 atom stereocenters. The van der Waals surface area contributed by atoms with Crippen LogP contribution in [-0.2, 0) is 20.0 Å². The molecule has 0 bridgehead atoms. The normalized spacial score (nSPS) is 17.0. The lowest BCUT2D eigenvalue weighted by molar-refractivity contribution is -0.275. The highest BCUT2D eigenvalue weighted by atomic mass is 35.5. The molecular weight excluding hydrogens is 584 g/mol. The number of oxime groups is 1. The molecule has 1 aliphatic heterocycles. The Labute approximate surface area is 235 Å². The molecule has 1 unspecified atom stereocenters. The smallest absolute Gasteiger partial charge is 0.375 e. The number of rotatable bonds is 6. The average molecular weight is 602 g/mol. The first-order valence-corrected chi connectivity index (χ1v) is 12.2. The van der Waals surface area contributed by atoms with Crippen LogP contribution in [0.15, 0.2) is 53.9 Å². The van der Waals surface area contributed by atoms with Crippen LogP contribution in [0.3, 0.4) is 0 Å². The van der Waals surface area contributed by atoms with E-state index in [1.165, 1.54) is 43.8 Å². The molecule has 2 aromatic carbocycles. The number of carbonyl (C=O) groups is 2. The highest BCUT2D eigenvalue weighted by Gasteiger charge is 2.62. The van der Waals surface area contributed by atoms with Crippen LogP contribution in [0.2, 0.25) is 15.1 Å². The first-order chi connectivity index (χ1) is 18.4. The van der Waals surface area contributed by atoms with Crippen molar-refractivity contribution in [1.82, 2.24) is 9.97 Å². The van der Waals surface area contributed by atoms with E-state index in [1.54, 1.807) is 6.92 Å². The number of nitrogens with zero attached hydrogens (tertiary/aromatic N) is 4. The van der Waals surface area contributed by atoms with Crippen molar-refractivity contribution in [3.63, 3.8) is 0 Å². The molecular formula is C25H18Cl3F3N4O4. The minimum atomic E-state index is -4.86. The summed E-state index contributed by atoms with van der Waals surface area (Å²) in [5.74, 6) is -1.73. The molecule has 0 fully saturated rings. The number of aromatic nitrogens is 2. The van der Waals surface area contributed by atoms with Gasteiger partial charge in [0.25, 0.3) is 17.4 Å². The standard InChI is InChI=1S/C25H18Cl3F3N4O4/c1-13-5-14(20-9-24(39-34-20,25(29,30)31)15-6-16(26)8-17(27)7-15)3-4-19(13)22(37)35(21(36)12-38-2)23-32-10-18(28)11-33-23/h3-8,10-11H,9,12H2,1-2H3. The molecule has 0 N–H and O–H groups in total. The van der Waals surface area contributed by atoms with Crippen molar-refractivity contribution in [2.24, 2.45) is 5.16 Å². The number of amides is 2. The largest absolute Gasteiger partial charge is 0.435 e. The van der Waals surface area contributed by atoms with Crippen molar-refractivity contribution in [1.29, 1.82) is 0 Å². The van der Waals surface area contributed by atoms with Crippen LogP contribution >= 0.6 is 34.8 Å². The van der Waals surface area contributed by atoms with Crippen LogP contribution in [0.25, 0.3) is 0 Å². The van der Waals surface area contributed by atoms with E-state index in [0.717, 1.165) is 17.0 Å². The van der Waals surface area contributed by atoms with Gasteiger partial charge in [-0.25, -0.2) is 14.9 Å². The summed E-state index contributed by atoms with van der Waals surface area (Å²) in [7, 11) is 1.28. The number of anilines is 1. The van der Waals surface area contributed by atoms with Gasteiger partial charge in [0.2, 0.25) is 5.95 Å². The SMILES string of the molecule is COCC(=O)N(C(=O)c1ccc(C2=NOC(c3cc(Cl)cc(Cl)c3)(C(F)(F)F)C2)cc1C)c1ncc(Cl)cn1. The first kappa shape index (κ1) is 28.8. The maximum Gasteiger partial charge on any atom is 0.435 e. The zero-order chi connectivity index (χ0) is 28.5. The van der Waals surface area contributed by atoms with E-state index < -0.39 is 36.6 Å². The number of imide groups is 1. The molecule has 2 amide bonds. The van der Waals surface area contributed by atoms with Crippen molar-refractivity contribution in [3.8, 4) is 0 Å². The third kappa shape index (κ3) is 5.72. The second-order valence-corrected chi connectivity index (χ2v) is 9.80. The Hall–Kier alpha value is -3.25. The van der Waals surface area contributed by atoms with Crippen LogP contribution in [0, 0.1) is 6.92 Å². The van der Waals surface area contributed by atoms with E-state index in [2.05, 4.69) is 15.1 Å². The number of hydrogen-bond donors (Lipinski definition) is 0. The number of hydrogen-bond acceptors (Lipinski definition) is 7. The molecule has 0 saturated carbocycles. The predicted octanol–water partition coefficient (Wildman–Crippen LogP) is 6.15. The van der Waals surface area contributed by atoms with Crippen LogP contribution < -0.4 is 4.90 Å². The van der Waals surface area contributed by atoms with E-state index in [0.29, 0.717) is 5.56 Å². The lowest BCUT2D eigenvalue weighted by Gasteiger charge is -2.29. The number of aryl methyl sites for hydroxylation is 1. The molecule has 0 radical (unpaired) electrons. The van der Waals surface area contributed by atoms with E-state index in [-0.39, 0.29) is 43.4 Å². The Morgan fingerprint density at radius 3 is 2.26 bits per heavy atom. The molecule has 204 valence electrons. The molecule has 1 aromatic heterocycles. The highest BCUT2D eigenvalue weighted by Crippen LogP contribution is 2.49. The second kappa shape index (κ2) is 11.1. The highest BCUT2D eigenvalue weighted by molar-refractivity contribution is 6.34. The van der Waals surface area contributed by atoms with Crippen molar-refractivity contribution in [2.75, 3.05) is 18.6 Å². The molecule has 1 aliphatic rings. The molecule has 0 aliphatic carbocycles. The third-order valence-corrected chi connectivity index (χ3v) is 6.46. The van der Waals surface area contributed by atoms with E-state index >= 15 is 0 Å². The van der Waals surface area contributed by atoms with Gasteiger partial charge in [-0.15, -0.1) is 0 Å². The summed E-state index contributed by atoms with van der Waals surface area (Å²) >= 11 is 17.7. The van der Waals surface area contributed by atoms with Gasteiger partial charge < -0.3 is 9.57 Å². The number of halogens is 6. The Kier molecular flexibility index (Phi) is 8.17. The zero-order valence-electron chi connectivity index (χ0n) is 20.2. The van der Waals surface area contributed by atoms with Gasteiger partial charge in [-0.1, -0.05) is 46.0 Å². The predicted molar refractivity (Wildman–Crippen MR) is 138 cm³/mol. The molecule has 2 heterocycles. The molecule has 14 heteroatoms. The quantitative estimate of drug-likeness (QED) is 0.337. The van der Waals surface area contributed by atoms with Crippen molar-refractivity contribution >= 4 is 58.3 Å². The summed E-state index contributed by atoms with van der Waals surface area (Å²) in [6.07, 6.45) is -3.09. The summed E-state index contributed by atoms with van der Waals surface area (Å²) < 4.78 is 47.8. The molecule has 3 aromatic rings. The number of ether oxygens (including phenoxy) is 1. The number of carbonyl (C=O) groups excluding carboxylic acids is 2. The Balaban J connectivity index is 1.66. The van der Waals surface area contributed by atoms with Gasteiger partial charge in [0.05, 0.1) is 23.1 Å². The van der Waals surface area contributed by atoms with Crippen molar-refractivity contribution < 1.29 is 32.3 Å². The number of benzene rings is 2. The maximum absolute atomic E-state index is 14.3. The zero-order valence-corrected chi connectivity index (χ0v) is 22.5. The van der Waals surface area contributed by atoms with Crippen LogP contribution in [-0.4, -0.2) is 47.4 Å². The van der Waals surface area contributed by atoms with E-state index in [4.69, 9.17) is 44.4 Å². The number of methoxy groups -OCH3 is 1. The minimum absolute atomic E-state index is 0.00845. The average Bonchev–Trinajstić information content (AvgIpc) is 3.32. The van der Waals surface area contributed by atoms with Crippen LogP contribution in [0.5, 0.6) is 0 Å². The van der Waals surface area contributed by atoms with Gasteiger partial charge >= 0.3 is 6.18 Å². The van der Waals surface area contributed by atoms with Gasteiger partial charge in [0.15, 0.2) is 0 Å². The fourth-order valence-electron chi connectivity index (χ4n) is 3.97. The lowest BCUT2D eigenvalue weighted by atomic mass is 9.86. The van der Waals surface area contributed by atoms with Crippen molar-refractivity contribution in [2.45, 2.75) is 25.1 Å². The number of alkyl halides is 3. The molecule has 0 saturated heterocycles. The molecule has 8 nitrogen and oxygen atoms in total. The Morgan fingerprint density at radius 1 is 1.05 bits per heavy atom. The Bertz CT molecular complexity index is 1450. The fraction of sp³-hybridized carbons (Fsp3) is 0.240. The maximum atomic E-state index is 14.3. The first-order valence-electron chi connectivity index (χ1n) is 11.1. The van der Waals surface area contributed by atoms with Crippen molar-refractivity contribution in [3.05, 3.63) is 86.1 Å². The lowest BCUT2D eigenvalue weighted by Crippen LogP contribution is -2.42. The summed E-state index contributed by atoms with van der Waals surface area (Å²) in [4.78, 5) is 39.7. The summed E-state index contributed by atoms with van der Waals surface area (Å²) in [5, 5.41) is 3.94. The van der Waals surface area contributed by atoms with Gasteiger partial charge in [-0.05, 0) is 48.4 Å². The summed E-state index contributed by atoms with van der Waals surface area (Å²) in [5.41, 5.74) is -2.43. The van der Waals surface area contributed by atoms with Gasteiger partial charge in [-0.3, -0.25) is 9.59 Å². The minimum Gasteiger partial charge on any atom is -0.375 e. The summed E-state index contributed by atoms with van der Waals surface area (Å²) in [6.45, 7) is 1.12. The topological polar surface area (TPSA) is 94.0 Å². The fourth-order valence-corrected chi connectivity index (χ4v) is 4.60. The van der Waals surface area contributed by atoms with Crippen LogP contribution in [0.4, 0.5) is 19.1 Å². The van der Waals surface area contributed by atoms with E-state index in [9.17, 15) is 22.8 Å². The summed E-state index contributed by atoms with van der Waals surface area (Å²) in [6, 6.07) is 7.79. The Morgan fingerprint density at radius 2 is 1.69 bits per heavy atom. The van der Waals surface area contributed by atoms with Gasteiger partial charge in [-0.2, -0.15) is 13.2 Å². The molecule has 39 heavy (non-hydrogen) atoms. The van der Waals surface area contributed by atoms with Crippen LogP contribution in [0.1, 0.15) is 33.5 Å². The monoisotopic (exact) mass is 600 g/mol. The van der Waals surface area contributed by atoms with Gasteiger partial charge in [0, 0.05) is 34.7 Å².